The zero-order chi connectivity index (χ0) is 18.8. The first-order chi connectivity index (χ1) is 11.6. The first-order valence-electron chi connectivity index (χ1n) is 7.92. The van der Waals surface area contributed by atoms with Crippen molar-refractivity contribution >= 4 is 17.7 Å². The van der Waals surface area contributed by atoms with Crippen molar-refractivity contribution < 1.29 is 9.90 Å². The molecule has 0 aliphatic rings. The van der Waals surface area contributed by atoms with Crippen LogP contribution in [0.15, 0.2) is 34.2 Å². The first kappa shape index (κ1) is 19.1. The van der Waals surface area contributed by atoms with Gasteiger partial charge in [-0.2, -0.15) is 4.98 Å². The van der Waals surface area contributed by atoms with Crippen molar-refractivity contribution in [3.05, 3.63) is 45.7 Å². The molecule has 1 aromatic carbocycles. The lowest BCUT2D eigenvalue weighted by molar-refractivity contribution is -0.119. The summed E-state index contributed by atoms with van der Waals surface area (Å²) in [6.07, 6.45) is 0. The van der Waals surface area contributed by atoms with Crippen molar-refractivity contribution in [2.75, 3.05) is 5.75 Å². The number of nitrogens with zero attached hydrogens (tertiary/aromatic N) is 2. The first-order valence-corrected chi connectivity index (χ1v) is 8.90. The van der Waals surface area contributed by atoms with Crippen LogP contribution in [0, 0.1) is 13.8 Å². The van der Waals surface area contributed by atoms with Gasteiger partial charge in [0.25, 0.3) is 5.56 Å². The fourth-order valence-electron chi connectivity index (χ4n) is 2.18. The quantitative estimate of drug-likeness (QED) is 0.646. The Hall–Kier alpha value is -2.28. The van der Waals surface area contributed by atoms with Crippen molar-refractivity contribution in [2.45, 2.75) is 45.3 Å². The van der Waals surface area contributed by atoms with E-state index in [0.717, 1.165) is 17.3 Å². The highest BCUT2D eigenvalue weighted by atomic mass is 32.2. The Morgan fingerprint density at radius 2 is 1.84 bits per heavy atom. The van der Waals surface area contributed by atoms with E-state index in [1.165, 1.54) is 11.5 Å². The van der Waals surface area contributed by atoms with Gasteiger partial charge in [-0.15, -0.1) is 0 Å². The van der Waals surface area contributed by atoms with E-state index in [1.54, 1.807) is 0 Å². The van der Waals surface area contributed by atoms with Gasteiger partial charge in [-0.25, -0.2) is 0 Å². The largest absolute Gasteiger partial charge is 0.493 e. The van der Waals surface area contributed by atoms with Gasteiger partial charge in [-0.3, -0.25) is 14.2 Å². The third-order valence-corrected chi connectivity index (χ3v) is 4.33. The summed E-state index contributed by atoms with van der Waals surface area (Å²) in [5.41, 5.74) is 1.19. The van der Waals surface area contributed by atoms with E-state index in [1.807, 2.05) is 52.0 Å². The Bertz CT molecular complexity index is 836. The summed E-state index contributed by atoms with van der Waals surface area (Å²) in [4.78, 5) is 28.8. The van der Waals surface area contributed by atoms with Gasteiger partial charge in [0, 0.05) is 5.54 Å². The second-order valence-electron chi connectivity index (χ2n) is 6.91. The van der Waals surface area contributed by atoms with Crippen molar-refractivity contribution in [1.82, 2.24) is 14.9 Å². The highest BCUT2D eigenvalue weighted by molar-refractivity contribution is 7.99. The van der Waals surface area contributed by atoms with Gasteiger partial charge in [-0.1, -0.05) is 29.5 Å². The van der Waals surface area contributed by atoms with Crippen LogP contribution in [0.5, 0.6) is 5.88 Å². The van der Waals surface area contributed by atoms with E-state index < -0.39 is 0 Å². The van der Waals surface area contributed by atoms with Gasteiger partial charge in [0.1, 0.15) is 0 Å². The second kappa shape index (κ2) is 7.31. The summed E-state index contributed by atoms with van der Waals surface area (Å²) in [6.45, 7) is 9.17. The van der Waals surface area contributed by atoms with Crippen LogP contribution in [0.2, 0.25) is 0 Å². The van der Waals surface area contributed by atoms with Crippen molar-refractivity contribution in [1.29, 1.82) is 0 Å². The Kier molecular flexibility index (Phi) is 5.57. The molecule has 25 heavy (non-hydrogen) atoms. The van der Waals surface area contributed by atoms with Crippen LogP contribution < -0.4 is 10.9 Å². The van der Waals surface area contributed by atoms with Crippen LogP contribution in [-0.4, -0.2) is 31.9 Å². The van der Waals surface area contributed by atoms with E-state index in [9.17, 15) is 14.7 Å². The number of hydrogen-bond donors (Lipinski definition) is 2. The van der Waals surface area contributed by atoms with Crippen molar-refractivity contribution in [3.63, 3.8) is 0 Å². The highest BCUT2D eigenvalue weighted by Crippen LogP contribution is 2.22. The third-order valence-electron chi connectivity index (χ3n) is 3.39. The molecule has 2 aromatic rings. The lowest BCUT2D eigenvalue weighted by atomic mass is 10.1. The molecule has 0 bridgehead atoms. The maximum absolute atomic E-state index is 12.6. The minimum absolute atomic E-state index is 0.0953. The normalized spacial score (nSPS) is 11.4. The van der Waals surface area contributed by atoms with Gasteiger partial charge in [0.05, 0.1) is 17.0 Å². The summed E-state index contributed by atoms with van der Waals surface area (Å²) in [5, 5.41) is 13.0. The Morgan fingerprint density at radius 3 is 2.40 bits per heavy atom. The number of thioether (sulfide) groups is 1. The monoisotopic (exact) mass is 361 g/mol. The van der Waals surface area contributed by atoms with E-state index in [-0.39, 0.29) is 39.4 Å². The number of rotatable bonds is 4. The maximum atomic E-state index is 12.6. The average molecular weight is 361 g/mol. The molecule has 1 amide bonds. The van der Waals surface area contributed by atoms with Gasteiger partial charge in [0.2, 0.25) is 11.8 Å². The molecule has 0 spiro atoms. The Balaban J connectivity index is 2.38. The fourth-order valence-corrected chi connectivity index (χ4v) is 2.98. The number of carbonyl (C=O) groups excluding carboxylic acids is 1. The molecule has 2 N–H and O–H groups in total. The number of benzene rings is 1. The molecule has 6 nitrogen and oxygen atoms in total. The SMILES string of the molecule is Cc1ccc(-n2c(SCC(=O)NC(C)(C)C)nc(O)c(C)c2=O)cc1. The number of hydrogen-bond acceptors (Lipinski definition) is 5. The minimum atomic E-state index is -0.352. The minimum Gasteiger partial charge on any atom is -0.493 e. The molecule has 0 radical (unpaired) electrons. The lowest BCUT2D eigenvalue weighted by Gasteiger charge is -2.20. The maximum Gasteiger partial charge on any atom is 0.265 e. The predicted molar refractivity (Wildman–Crippen MR) is 99.6 cm³/mol. The molecule has 0 saturated heterocycles. The zero-order valence-electron chi connectivity index (χ0n) is 15.1. The Morgan fingerprint density at radius 1 is 1.24 bits per heavy atom. The fraction of sp³-hybridized carbons (Fsp3) is 0.389. The molecule has 1 aromatic heterocycles. The molecule has 7 heteroatoms. The number of aromatic hydroxyl groups is 1. The van der Waals surface area contributed by atoms with Crippen LogP contribution in [0.4, 0.5) is 0 Å². The van der Waals surface area contributed by atoms with Crippen LogP contribution in [0.3, 0.4) is 0 Å². The molecule has 1 heterocycles. The van der Waals surface area contributed by atoms with E-state index in [2.05, 4.69) is 10.3 Å². The molecule has 0 aliphatic carbocycles. The van der Waals surface area contributed by atoms with Gasteiger partial charge >= 0.3 is 0 Å². The number of aromatic nitrogens is 2. The topological polar surface area (TPSA) is 84.2 Å². The van der Waals surface area contributed by atoms with E-state index >= 15 is 0 Å². The molecule has 134 valence electrons. The molecular formula is C18H23N3O3S. The molecule has 0 saturated carbocycles. The van der Waals surface area contributed by atoms with Crippen LogP contribution >= 0.6 is 11.8 Å². The van der Waals surface area contributed by atoms with Crippen LogP contribution in [0.1, 0.15) is 31.9 Å². The number of amides is 1. The number of carbonyl (C=O) groups is 1. The summed E-state index contributed by atoms with van der Waals surface area (Å²) in [5.74, 6) is -0.382. The molecule has 2 rings (SSSR count). The molecule has 0 fully saturated rings. The Labute approximate surface area is 151 Å². The third kappa shape index (κ3) is 4.85. The number of aryl methyl sites for hydroxylation is 1. The van der Waals surface area contributed by atoms with Gasteiger partial charge in [0.15, 0.2) is 5.16 Å². The highest BCUT2D eigenvalue weighted by Gasteiger charge is 2.18. The molecule has 0 unspecified atom stereocenters. The molecular weight excluding hydrogens is 338 g/mol. The smallest absolute Gasteiger partial charge is 0.265 e. The lowest BCUT2D eigenvalue weighted by Crippen LogP contribution is -2.41. The zero-order valence-corrected chi connectivity index (χ0v) is 15.9. The second-order valence-corrected chi connectivity index (χ2v) is 7.85. The van der Waals surface area contributed by atoms with E-state index in [4.69, 9.17) is 0 Å². The molecule has 0 atom stereocenters. The summed E-state index contributed by atoms with van der Waals surface area (Å²) < 4.78 is 1.42. The van der Waals surface area contributed by atoms with Crippen LogP contribution in [0.25, 0.3) is 5.69 Å². The summed E-state index contributed by atoms with van der Waals surface area (Å²) >= 11 is 1.11. The summed E-state index contributed by atoms with van der Waals surface area (Å²) in [7, 11) is 0. The molecule has 0 aliphatic heterocycles. The van der Waals surface area contributed by atoms with Crippen molar-refractivity contribution in [3.8, 4) is 11.6 Å². The van der Waals surface area contributed by atoms with Gasteiger partial charge in [-0.05, 0) is 46.8 Å². The van der Waals surface area contributed by atoms with Gasteiger partial charge < -0.3 is 10.4 Å². The van der Waals surface area contributed by atoms with E-state index in [0.29, 0.717) is 5.69 Å². The van der Waals surface area contributed by atoms with Crippen molar-refractivity contribution in [2.24, 2.45) is 0 Å². The average Bonchev–Trinajstić information content (AvgIpc) is 2.50. The summed E-state index contributed by atoms with van der Waals surface area (Å²) in [6, 6.07) is 7.41. The number of nitrogens with one attached hydrogen (secondary N) is 1. The standard InChI is InChI=1S/C18H23N3O3S/c1-11-6-8-13(9-7-11)21-16(24)12(2)15(23)19-17(21)25-10-14(22)20-18(3,4)5/h6-9,23H,10H2,1-5H3,(H,20,22). The van der Waals surface area contributed by atoms with Crippen LogP contribution in [-0.2, 0) is 4.79 Å². The predicted octanol–water partition coefficient (Wildman–Crippen LogP) is 2.56.